The lowest BCUT2D eigenvalue weighted by Gasteiger charge is -2.15. The van der Waals surface area contributed by atoms with Crippen molar-refractivity contribution in [2.24, 2.45) is 4.99 Å². The van der Waals surface area contributed by atoms with Crippen molar-refractivity contribution in [2.75, 3.05) is 41.6 Å². The summed E-state index contributed by atoms with van der Waals surface area (Å²) >= 11 is 0. The standard InChI is InChI=1S/C23H33N3O5/c1-7-24-23(25-14-16-9-10-18(27-3)19(11-16)31-8-2)26-15-17-12-20(28-4)22(30-6)21(13-17)29-5/h9-13H,7-8,14-15H2,1-6H3,(H2,24,25,26). The van der Waals surface area contributed by atoms with Crippen LogP contribution in [0.2, 0.25) is 0 Å². The van der Waals surface area contributed by atoms with Crippen LogP contribution in [0.3, 0.4) is 0 Å². The molecular formula is C23H33N3O5. The summed E-state index contributed by atoms with van der Waals surface area (Å²) in [5.74, 6) is 3.91. The number of nitrogens with zero attached hydrogens (tertiary/aromatic N) is 1. The molecule has 0 spiro atoms. The van der Waals surface area contributed by atoms with Crippen molar-refractivity contribution in [2.45, 2.75) is 26.9 Å². The van der Waals surface area contributed by atoms with Crippen LogP contribution in [-0.4, -0.2) is 47.6 Å². The van der Waals surface area contributed by atoms with Crippen molar-refractivity contribution < 1.29 is 23.7 Å². The first kappa shape index (κ1) is 24.0. The van der Waals surface area contributed by atoms with Crippen LogP contribution < -0.4 is 34.3 Å². The number of nitrogens with one attached hydrogen (secondary N) is 2. The summed E-state index contributed by atoms with van der Waals surface area (Å²) in [5.41, 5.74) is 2.00. The fraction of sp³-hybridized carbons (Fsp3) is 0.435. The van der Waals surface area contributed by atoms with E-state index < -0.39 is 0 Å². The molecule has 2 aromatic carbocycles. The third-order valence-electron chi connectivity index (χ3n) is 4.48. The first-order chi connectivity index (χ1) is 15.1. The summed E-state index contributed by atoms with van der Waals surface area (Å²) in [7, 11) is 6.42. The highest BCUT2D eigenvalue weighted by molar-refractivity contribution is 5.79. The predicted octanol–water partition coefficient (Wildman–Crippen LogP) is 3.38. The second-order valence-corrected chi connectivity index (χ2v) is 6.50. The van der Waals surface area contributed by atoms with E-state index in [1.807, 2.05) is 44.2 Å². The van der Waals surface area contributed by atoms with Gasteiger partial charge in [0.25, 0.3) is 0 Å². The lowest BCUT2D eigenvalue weighted by Crippen LogP contribution is -2.36. The fourth-order valence-corrected chi connectivity index (χ4v) is 3.02. The van der Waals surface area contributed by atoms with E-state index in [9.17, 15) is 0 Å². The van der Waals surface area contributed by atoms with Crippen LogP contribution in [0, 0.1) is 0 Å². The summed E-state index contributed by atoms with van der Waals surface area (Å²) in [4.78, 5) is 4.68. The van der Waals surface area contributed by atoms with Gasteiger partial charge >= 0.3 is 0 Å². The molecular weight excluding hydrogens is 398 g/mol. The van der Waals surface area contributed by atoms with Crippen molar-refractivity contribution >= 4 is 5.96 Å². The van der Waals surface area contributed by atoms with E-state index in [2.05, 4.69) is 15.6 Å². The number of ether oxygens (including phenoxy) is 5. The number of hydrogen-bond acceptors (Lipinski definition) is 6. The lowest BCUT2D eigenvalue weighted by molar-refractivity contribution is 0.310. The summed E-state index contributed by atoms with van der Waals surface area (Å²) in [6, 6.07) is 9.66. The zero-order valence-electron chi connectivity index (χ0n) is 19.2. The summed E-state index contributed by atoms with van der Waals surface area (Å²) in [6.45, 7) is 6.32. The van der Waals surface area contributed by atoms with E-state index in [1.54, 1.807) is 28.4 Å². The summed E-state index contributed by atoms with van der Waals surface area (Å²) < 4.78 is 27.2. The molecule has 2 N–H and O–H groups in total. The molecule has 0 aliphatic rings. The number of benzene rings is 2. The van der Waals surface area contributed by atoms with Crippen LogP contribution in [0.1, 0.15) is 25.0 Å². The van der Waals surface area contributed by atoms with Gasteiger partial charge in [-0.2, -0.15) is 0 Å². The molecule has 170 valence electrons. The molecule has 0 amide bonds. The molecule has 2 rings (SSSR count). The minimum Gasteiger partial charge on any atom is -0.493 e. The Kier molecular flexibility index (Phi) is 9.61. The van der Waals surface area contributed by atoms with Crippen LogP contribution in [0.5, 0.6) is 28.7 Å². The summed E-state index contributed by atoms with van der Waals surface area (Å²) in [5, 5.41) is 6.61. The first-order valence-corrected chi connectivity index (χ1v) is 10.2. The Morgan fingerprint density at radius 1 is 0.774 bits per heavy atom. The molecule has 0 heterocycles. The van der Waals surface area contributed by atoms with Gasteiger partial charge in [-0.25, -0.2) is 4.99 Å². The van der Waals surface area contributed by atoms with E-state index in [1.165, 1.54) is 0 Å². The Morgan fingerprint density at radius 2 is 1.42 bits per heavy atom. The van der Waals surface area contributed by atoms with Gasteiger partial charge in [0.1, 0.15) is 0 Å². The summed E-state index contributed by atoms with van der Waals surface area (Å²) in [6.07, 6.45) is 0. The maximum atomic E-state index is 5.66. The molecule has 0 saturated carbocycles. The molecule has 0 aliphatic heterocycles. The molecule has 31 heavy (non-hydrogen) atoms. The zero-order chi connectivity index (χ0) is 22.6. The molecule has 0 radical (unpaired) electrons. The van der Waals surface area contributed by atoms with Gasteiger partial charge in [0.2, 0.25) is 5.75 Å². The number of guanidine groups is 1. The van der Waals surface area contributed by atoms with Crippen LogP contribution in [0.25, 0.3) is 0 Å². The highest BCUT2D eigenvalue weighted by Gasteiger charge is 2.13. The smallest absolute Gasteiger partial charge is 0.203 e. The molecule has 0 saturated heterocycles. The van der Waals surface area contributed by atoms with E-state index in [4.69, 9.17) is 23.7 Å². The maximum absolute atomic E-state index is 5.66. The Hall–Kier alpha value is -3.29. The average Bonchev–Trinajstić information content (AvgIpc) is 2.80. The van der Waals surface area contributed by atoms with Gasteiger partial charge in [-0.15, -0.1) is 0 Å². The Bertz CT molecular complexity index is 845. The third-order valence-corrected chi connectivity index (χ3v) is 4.48. The molecule has 0 fully saturated rings. The van der Waals surface area contributed by atoms with Gasteiger partial charge in [0.05, 0.1) is 41.6 Å². The van der Waals surface area contributed by atoms with Crippen molar-refractivity contribution in [3.05, 3.63) is 41.5 Å². The van der Waals surface area contributed by atoms with Gasteiger partial charge in [-0.3, -0.25) is 0 Å². The Balaban J connectivity index is 2.15. The number of hydrogen-bond donors (Lipinski definition) is 2. The van der Waals surface area contributed by atoms with Gasteiger partial charge in [-0.1, -0.05) is 6.07 Å². The molecule has 2 aromatic rings. The highest BCUT2D eigenvalue weighted by atomic mass is 16.5. The van der Waals surface area contributed by atoms with Gasteiger partial charge in [-0.05, 0) is 49.2 Å². The minimum absolute atomic E-state index is 0.443. The van der Waals surface area contributed by atoms with Crippen molar-refractivity contribution in [1.82, 2.24) is 10.6 Å². The van der Waals surface area contributed by atoms with Gasteiger partial charge < -0.3 is 34.3 Å². The van der Waals surface area contributed by atoms with Crippen LogP contribution in [0.4, 0.5) is 0 Å². The van der Waals surface area contributed by atoms with Crippen molar-refractivity contribution in [1.29, 1.82) is 0 Å². The maximum Gasteiger partial charge on any atom is 0.203 e. The molecule has 0 unspecified atom stereocenters. The SMILES string of the molecule is CCNC(=NCc1cc(OC)c(OC)c(OC)c1)NCc1ccc(OC)c(OCC)c1. The molecule has 0 atom stereocenters. The van der Waals surface area contributed by atoms with Crippen LogP contribution in [0.15, 0.2) is 35.3 Å². The Labute approximate surface area is 184 Å². The number of rotatable bonds is 11. The second kappa shape index (κ2) is 12.4. The topological polar surface area (TPSA) is 82.6 Å². The molecule has 8 nitrogen and oxygen atoms in total. The largest absolute Gasteiger partial charge is 0.493 e. The zero-order valence-corrected chi connectivity index (χ0v) is 19.2. The normalized spacial score (nSPS) is 11.0. The van der Waals surface area contributed by atoms with Crippen molar-refractivity contribution in [3.8, 4) is 28.7 Å². The Morgan fingerprint density at radius 3 is 1.97 bits per heavy atom. The second-order valence-electron chi connectivity index (χ2n) is 6.50. The van der Waals surface area contributed by atoms with Crippen LogP contribution in [-0.2, 0) is 13.1 Å². The molecule has 8 heteroatoms. The first-order valence-electron chi connectivity index (χ1n) is 10.2. The van der Waals surface area contributed by atoms with E-state index in [0.717, 1.165) is 23.4 Å². The van der Waals surface area contributed by atoms with Gasteiger partial charge in [0, 0.05) is 13.1 Å². The predicted molar refractivity (Wildman–Crippen MR) is 122 cm³/mol. The number of methoxy groups -OCH3 is 4. The minimum atomic E-state index is 0.443. The number of aliphatic imine (C=N–C) groups is 1. The van der Waals surface area contributed by atoms with E-state index in [-0.39, 0.29) is 0 Å². The van der Waals surface area contributed by atoms with Gasteiger partial charge in [0.15, 0.2) is 29.0 Å². The van der Waals surface area contributed by atoms with Crippen molar-refractivity contribution in [3.63, 3.8) is 0 Å². The van der Waals surface area contributed by atoms with E-state index in [0.29, 0.717) is 48.7 Å². The quantitative estimate of drug-likeness (QED) is 0.417. The molecule has 0 aromatic heterocycles. The molecule has 0 bridgehead atoms. The highest BCUT2D eigenvalue weighted by Crippen LogP contribution is 2.38. The van der Waals surface area contributed by atoms with E-state index >= 15 is 0 Å². The molecule has 0 aliphatic carbocycles. The average molecular weight is 432 g/mol. The van der Waals surface area contributed by atoms with Crippen LogP contribution >= 0.6 is 0 Å². The monoisotopic (exact) mass is 431 g/mol. The lowest BCUT2D eigenvalue weighted by atomic mass is 10.2. The fourth-order valence-electron chi connectivity index (χ4n) is 3.02. The third kappa shape index (κ3) is 6.60.